The van der Waals surface area contributed by atoms with Crippen LogP contribution < -0.4 is 5.32 Å². The van der Waals surface area contributed by atoms with E-state index in [0.29, 0.717) is 25.6 Å². The van der Waals surface area contributed by atoms with Crippen LogP contribution in [0, 0.1) is 0 Å². The number of rotatable bonds is 5. The molecule has 30 heavy (non-hydrogen) atoms. The van der Waals surface area contributed by atoms with E-state index in [-0.39, 0.29) is 17.9 Å². The quantitative estimate of drug-likeness (QED) is 0.406. The van der Waals surface area contributed by atoms with Crippen LogP contribution >= 0.6 is 34.5 Å². The van der Waals surface area contributed by atoms with Gasteiger partial charge in [-0.2, -0.15) is 0 Å². The molecule has 1 aliphatic rings. The summed E-state index contributed by atoms with van der Waals surface area (Å²) in [5.74, 6) is -0.778. The average Bonchev–Trinajstić information content (AvgIpc) is 3.26. The van der Waals surface area contributed by atoms with Crippen LogP contribution in [0.1, 0.15) is 27.7 Å². The zero-order chi connectivity index (χ0) is 21.3. The van der Waals surface area contributed by atoms with Gasteiger partial charge in [-0.05, 0) is 37.3 Å². The van der Waals surface area contributed by atoms with Gasteiger partial charge in [0.2, 0.25) is 0 Å². The molecule has 0 saturated carbocycles. The first-order valence-corrected chi connectivity index (χ1v) is 10.6. The van der Waals surface area contributed by atoms with Gasteiger partial charge >= 0.3 is 5.97 Å². The number of hydrogen-bond donors (Lipinski definition) is 2. The Morgan fingerprint density at radius 1 is 1.27 bits per heavy atom. The maximum atomic E-state index is 12.5. The lowest BCUT2D eigenvalue weighted by Gasteiger charge is -2.09. The van der Waals surface area contributed by atoms with E-state index in [1.54, 1.807) is 37.4 Å². The lowest BCUT2D eigenvalue weighted by molar-refractivity contribution is 0.0525. The molecular weight excluding hydrogens is 443 g/mol. The van der Waals surface area contributed by atoms with Crippen molar-refractivity contribution >= 4 is 74.7 Å². The SMILES string of the molecule is CCOC(=O)c1c(Nc2ccc(Cl)cc2Cl)sc(/C=C2/C=Nc3ccccc32)c1O. The number of nitrogens with one attached hydrogen (secondary N) is 1. The van der Waals surface area contributed by atoms with Crippen molar-refractivity contribution in [2.45, 2.75) is 6.92 Å². The number of thiophene rings is 1. The number of benzene rings is 2. The molecule has 8 heteroatoms. The van der Waals surface area contributed by atoms with E-state index in [0.717, 1.165) is 16.8 Å². The number of allylic oxidation sites excluding steroid dienone is 1. The number of halogens is 2. The maximum absolute atomic E-state index is 12.5. The van der Waals surface area contributed by atoms with Crippen LogP contribution in [-0.4, -0.2) is 23.9 Å². The fourth-order valence-corrected chi connectivity index (χ4v) is 4.53. The highest BCUT2D eigenvalue weighted by Crippen LogP contribution is 2.44. The molecular formula is C22H16Cl2N2O3S. The molecule has 0 spiro atoms. The van der Waals surface area contributed by atoms with E-state index in [9.17, 15) is 9.90 Å². The molecule has 2 aromatic carbocycles. The summed E-state index contributed by atoms with van der Waals surface area (Å²) in [6.45, 7) is 1.89. The van der Waals surface area contributed by atoms with E-state index in [4.69, 9.17) is 27.9 Å². The van der Waals surface area contributed by atoms with Gasteiger partial charge in [-0.15, -0.1) is 11.3 Å². The molecule has 152 valence electrons. The highest BCUT2D eigenvalue weighted by atomic mass is 35.5. The van der Waals surface area contributed by atoms with E-state index in [1.807, 2.05) is 24.3 Å². The number of aliphatic imine (C=N–C) groups is 1. The number of carbonyl (C=O) groups is 1. The molecule has 1 aliphatic heterocycles. The summed E-state index contributed by atoms with van der Waals surface area (Å²) in [4.78, 5) is 17.4. The molecule has 0 aliphatic carbocycles. The summed E-state index contributed by atoms with van der Waals surface area (Å²) in [6.07, 6.45) is 3.53. The van der Waals surface area contributed by atoms with Crippen molar-refractivity contribution in [2.75, 3.05) is 11.9 Å². The number of anilines is 2. The van der Waals surface area contributed by atoms with Crippen LogP contribution in [0.2, 0.25) is 10.0 Å². The Labute approximate surface area is 187 Å². The Morgan fingerprint density at radius 2 is 2.07 bits per heavy atom. The van der Waals surface area contributed by atoms with Crippen LogP contribution in [-0.2, 0) is 4.74 Å². The van der Waals surface area contributed by atoms with Gasteiger partial charge in [0.05, 0.1) is 27.9 Å². The van der Waals surface area contributed by atoms with Crippen molar-refractivity contribution in [1.82, 2.24) is 0 Å². The third-order valence-electron chi connectivity index (χ3n) is 4.41. The Bertz CT molecular complexity index is 1200. The summed E-state index contributed by atoms with van der Waals surface area (Å²) in [5.41, 5.74) is 3.27. The first kappa shape index (κ1) is 20.5. The van der Waals surface area contributed by atoms with Gasteiger partial charge in [-0.25, -0.2) is 4.79 Å². The number of nitrogens with zero attached hydrogens (tertiary/aromatic N) is 1. The maximum Gasteiger partial charge on any atom is 0.344 e. The first-order valence-electron chi connectivity index (χ1n) is 9.08. The molecule has 0 fully saturated rings. The van der Waals surface area contributed by atoms with Gasteiger partial charge in [0, 0.05) is 22.4 Å². The molecule has 0 saturated heterocycles. The summed E-state index contributed by atoms with van der Waals surface area (Å²) >= 11 is 13.4. The molecule has 3 aromatic rings. The summed E-state index contributed by atoms with van der Waals surface area (Å²) < 4.78 is 5.14. The number of ether oxygens (including phenoxy) is 1. The zero-order valence-corrected chi connectivity index (χ0v) is 18.1. The van der Waals surface area contributed by atoms with Gasteiger partial charge in [0.25, 0.3) is 0 Å². The van der Waals surface area contributed by atoms with Crippen molar-refractivity contribution in [3.8, 4) is 5.75 Å². The third-order valence-corrected chi connectivity index (χ3v) is 6.00. The fraction of sp³-hybridized carbons (Fsp3) is 0.0909. The van der Waals surface area contributed by atoms with E-state index >= 15 is 0 Å². The van der Waals surface area contributed by atoms with Gasteiger partial charge in [0.1, 0.15) is 16.3 Å². The van der Waals surface area contributed by atoms with Crippen molar-refractivity contribution in [2.24, 2.45) is 4.99 Å². The highest BCUT2D eigenvalue weighted by Gasteiger charge is 2.25. The Morgan fingerprint density at radius 3 is 2.83 bits per heavy atom. The minimum atomic E-state index is -0.621. The highest BCUT2D eigenvalue weighted by molar-refractivity contribution is 7.18. The van der Waals surface area contributed by atoms with Crippen molar-refractivity contribution < 1.29 is 14.6 Å². The Kier molecular flexibility index (Phi) is 5.81. The normalized spacial score (nSPS) is 13.5. The smallest absolute Gasteiger partial charge is 0.344 e. The Balaban J connectivity index is 1.78. The van der Waals surface area contributed by atoms with Crippen molar-refractivity contribution in [3.63, 3.8) is 0 Å². The molecule has 2 N–H and O–H groups in total. The predicted molar refractivity (Wildman–Crippen MR) is 124 cm³/mol. The summed E-state index contributed by atoms with van der Waals surface area (Å²) in [6, 6.07) is 12.7. The molecule has 0 amide bonds. The minimum absolute atomic E-state index is 0.0583. The standard InChI is InChI=1S/C22H16Cl2N2O3S/c1-2-29-22(28)19-20(27)18(9-12-11-25-16-6-4-3-5-14(12)16)30-21(19)26-17-8-7-13(23)10-15(17)24/h3-11,26-27H,2H2,1H3/b12-9-. The molecule has 0 bridgehead atoms. The number of aromatic hydroxyl groups is 1. The number of esters is 1. The lowest BCUT2D eigenvalue weighted by atomic mass is 10.1. The second-order valence-corrected chi connectivity index (χ2v) is 8.26. The van der Waals surface area contributed by atoms with Gasteiger partial charge < -0.3 is 15.2 Å². The molecule has 1 aromatic heterocycles. The third kappa shape index (κ3) is 3.94. The summed E-state index contributed by atoms with van der Waals surface area (Å²) in [5, 5.41) is 15.3. The van der Waals surface area contributed by atoms with Crippen LogP contribution in [0.4, 0.5) is 16.4 Å². The number of carbonyl (C=O) groups excluding carboxylic acids is 1. The minimum Gasteiger partial charge on any atom is -0.505 e. The predicted octanol–water partition coefficient (Wildman–Crippen LogP) is 6.94. The van der Waals surface area contributed by atoms with Crippen LogP contribution in [0.5, 0.6) is 5.75 Å². The number of fused-ring (bicyclic) bond motifs is 1. The zero-order valence-electron chi connectivity index (χ0n) is 15.8. The first-order chi connectivity index (χ1) is 14.5. The summed E-state index contributed by atoms with van der Waals surface area (Å²) in [7, 11) is 0. The molecule has 0 unspecified atom stereocenters. The largest absolute Gasteiger partial charge is 0.505 e. The molecule has 4 rings (SSSR count). The van der Waals surface area contributed by atoms with Crippen LogP contribution in [0.3, 0.4) is 0 Å². The van der Waals surface area contributed by atoms with Crippen LogP contribution in [0.25, 0.3) is 11.6 Å². The second kappa shape index (κ2) is 8.52. The fourth-order valence-electron chi connectivity index (χ4n) is 3.03. The monoisotopic (exact) mass is 458 g/mol. The molecule has 0 atom stereocenters. The van der Waals surface area contributed by atoms with Crippen LogP contribution in [0.15, 0.2) is 47.5 Å². The van der Waals surface area contributed by atoms with E-state index < -0.39 is 5.97 Å². The van der Waals surface area contributed by atoms with Crippen molar-refractivity contribution in [1.29, 1.82) is 0 Å². The average molecular weight is 459 g/mol. The van der Waals surface area contributed by atoms with Gasteiger partial charge in [-0.3, -0.25) is 4.99 Å². The molecule has 2 heterocycles. The Hall–Kier alpha value is -2.80. The van der Waals surface area contributed by atoms with E-state index in [2.05, 4.69) is 10.3 Å². The number of para-hydroxylation sites is 1. The molecule has 5 nitrogen and oxygen atoms in total. The lowest BCUT2D eigenvalue weighted by Crippen LogP contribution is -2.06. The number of hydrogen-bond acceptors (Lipinski definition) is 6. The molecule has 0 radical (unpaired) electrons. The topological polar surface area (TPSA) is 70.9 Å². The van der Waals surface area contributed by atoms with Gasteiger partial charge in [0.15, 0.2) is 0 Å². The van der Waals surface area contributed by atoms with Crippen molar-refractivity contribution in [3.05, 3.63) is 68.5 Å². The van der Waals surface area contributed by atoms with Gasteiger partial charge in [-0.1, -0.05) is 41.4 Å². The second-order valence-electron chi connectivity index (χ2n) is 6.36. The van der Waals surface area contributed by atoms with E-state index in [1.165, 1.54) is 11.3 Å².